The van der Waals surface area contributed by atoms with Gasteiger partial charge in [0.05, 0.1) is 24.1 Å². The number of aromatic amines is 1. The van der Waals surface area contributed by atoms with E-state index in [1.54, 1.807) is 0 Å². The topological polar surface area (TPSA) is 141 Å². The molecule has 12 heteroatoms. The number of methoxy groups -OCH3 is 1. The summed E-state index contributed by atoms with van der Waals surface area (Å²) in [5.41, 5.74) is 0.284. The number of hydrogen-bond donors (Lipinski definition) is 1. The molecular weight excluding hydrogens is 374 g/mol. The van der Waals surface area contributed by atoms with Crippen LogP contribution in [-0.4, -0.2) is 40.4 Å². The van der Waals surface area contributed by atoms with Crippen molar-refractivity contribution in [2.24, 2.45) is 0 Å². The number of nitrogens with zero attached hydrogens (tertiary/aromatic N) is 4. The summed E-state index contributed by atoms with van der Waals surface area (Å²) in [6, 6.07) is 3.87. The molecule has 0 aliphatic carbocycles. The van der Waals surface area contributed by atoms with Gasteiger partial charge in [-0.05, 0) is 11.6 Å². The van der Waals surface area contributed by atoms with E-state index in [4.69, 9.17) is 16.3 Å². The van der Waals surface area contributed by atoms with E-state index in [9.17, 15) is 18.5 Å². The number of fused-ring (bicyclic) bond motifs is 1. The Bertz CT molecular complexity index is 1080. The van der Waals surface area contributed by atoms with Gasteiger partial charge in [0, 0.05) is 6.07 Å². The fourth-order valence-corrected chi connectivity index (χ4v) is 3.64. The van der Waals surface area contributed by atoms with Gasteiger partial charge in [0.25, 0.3) is 5.16 Å². The van der Waals surface area contributed by atoms with Crippen molar-refractivity contribution < 1.29 is 18.1 Å². The van der Waals surface area contributed by atoms with Gasteiger partial charge in [-0.3, -0.25) is 10.1 Å². The van der Waals surface area contributed by atoms with Gasteiger partial charge in [0.15, 0.2) is 16.5 Å². The number of halogens is 1. The lowest BCUT2D eigenvalue weighted by atomic mass is 10.2. The molecule has 0 amide bonds. The maximum atomic E-state index is 12.5. The van der Waals surface area contributed by atoms with Gasteiger partial charge in [-0.1, -0.05) is 17.7 Å². The van der Waals surface area contributed by atoms with E-state index >= 15 is 0 Å². The summed E-state index contributed by atoms with van der Waals surface area (Å²) in [7, 11) is -2.71. The first kappa shape index (κ1) is 17.0. The second-order valence-electron chi connectivity index (χ2n) is 4.92. The lowest BCUT2D eigenvalue weighted by Gasteiger charge is -2.06. The Morgan fingerprint density at radius 3 is 2.80 bits per heavy atom. The molecule has 3 rings (SSSR count). The van der Waals surface area contributed by atoms with Crippen LogP contribution in [0, 0.1) is 10.1 Å². The molecule has 10 nitrogen and oxygen atoms in total. The molecule has 0 spiro atoms. The quantitative estimate of drug-likeness (QED) is 0.304. The van der Waals surface area contributed by atoms with E-state index in [0.717, 1.165) is 6.07 Å². The molecule has 0 bridgehead atoms. The molecule has 0 unspecified atom stereocenters. The number of benzene rings is 1. The third-order valence-corrected chi connectivity index (χ3v) is 5.02. The molecule has 0 fully saturated rings. The zero-order valence-electron chi connectivity index (χ0n) is 12.6. The number of sulfone groups is 1. The second-order valence-corrected chi connectivity index (χ2v) is 7.16. The standard InChI is InChI=1S/C13H10ClN5O5S/c1-24-9-3-2-7(4-8(9)19(20)21)5-25(22,23)13-17-11(14)10-12(18-13)16-6-15-10/h2-4,6H,5H2,1H3,(H,15,16,17,18). The minimum atomic E-state index is -3.99. The Hall–Kier alpha value is -2.79. The zero-order chi connectivity index (χ0) is 18.2. The van der Waals surface area contributed by atoms with Crippen LogP contribution < -0.4 is 4.74 Å². The summed E-state index contributed by atoms with van der Waals surface area (Å²) in [6.45, 7) is 0. The SMILES string of the molecule is COc1ccc(CS(=O)(=O)c2nc(Cl)c3[nH]cnc3n2)cc1[N+](=O)[O-]. The van der Waals surface area contributed by atoms with Crippen LogP contribution in [0.25, 0.3) is 11.2 Å². The van der Waals surface area contributed by atoms with Gasteiger partial charge in [-0.25, -0.2) is 18.4 Å². The van der Waals surface area contributed by atoms with Crippen LogP contribution in [-0.2, 0) is 15.6 Å². The Morgan fingerprint density at radius 2 is 2.12 bits per heavy atom. The van der Waals surface area contributed by atoms with Crippen molar-refractivity contribution in [3.05, 3.63) is 45.4 Å². The molecule has 25 heavy (non-hydrogen) atoms. The Kier molecular flexibility index (Phi) is 4.27. The molecule has 0 aliphatic heterocycles. The molecule has 1 aromatic carbocycles. The summed E-state index contributed by atoms with van der Waals surface area (Å²) in [5.74, 6) is -0.507. The van der Waals surface area contributed by atoms with Crippen LogP contribution in [0.1, 0.15) is 5.56 Å². The van der Waals surface area contributed by atoms with Gasteiger partial charge >= 0.3 is 5.69 Å². The fraction of sp³-hybridized carbons (Fsp3) is 0.154. The highest BCUT2D eigenvalue weighted by Gasteiger charge is 2.24. The number of nitro groups is 1. The first-order valence-corrected chi connectivity index (χ1v) is 8.75. The van der Waals surface area contributed by atoms with Crippen LogP contribution >= 0.6 is 11.6 Å². The van der Waals surface area contributed by atoms with Crippen molar-refractivity contribution in [3.8, 4) is 5.75 Å². The van der Waals surface area contributed by atoms with E-state index in [-0.39, 0.29) is 27.8 Å². The molecule has 2 aromatic heterocycles. The molecular formula is C13H10ClN5O5S. The van der Waals surface area contributed by atoms with Crippen molar-refractivity contribution >= 4 is 38.3 Å². The maximum absolute atomic E-state index is 12.5. The van der Waals surface area contributed by atoms with Crippen molar-refractivity contribution in [1.29, 1.82) is 0 Å². The monoisotopic (exact) mass is 383 g/mol. The lowest BCUT2D eigenvalue weighted by molar-refractivity contribution is -0.385. The zero-order valence-corrected chi connectivity index (χ0v) is 14.2. The first-order chi connectivity index (χ1) is 11.8. The number of nitro benzene ring substituents is 1. The highest BCUT2D eigenvalue weighted by Crippen LogP contribution is 2.29. The predicted molar refractivity (Wildman–Crippen MR) is 87.2 cm³/mol. The van der Waals surface area contributed by atoms with Gasteiger partial charge in [0.1, 0.15) is 5.52 Å². The van der Waals surface area contributed by atoms with Crippen molar-refractivity contribution in [2.45, 2.75) is 10.9 Å². The normalized spacial score (nSPS) is 11.6. The summed E-state index contributed by atoms with van der Waals surface area (Å²) in [4.78, 5) is 24.6. The van der Waals surface area contributed by atoms with Crippen LogP contribution in [0.4, 0.5) is 5.69 Å². The predicted octanol–water partition coefficient (Wildman–Crippen LogP) is 1.90. The van der Waals surface area contributed by atoms with Crippen molar-refractivity contribution in [3.63, 3.8) is 0 Å². The third kappa shape index (κ3) is 3.23. The minimum absolute atomic E-state index is 0.0309. The second kappa shape index (κ2) is 6.26. The number of aromatic nitrogens is 4. The molecule has 0 saturated heterocycles. The molecule has 130 valence electrons. The number of rotatable bonds is 5. The van der Waals surface area contributed by atoms with Gasteiger partial charge in [0.2, 0.25) is 9.84 Å². The summed E-state index contributed by atoms with van der Waals surface area (Å²) >= 11 is 5.93. The molecule has 0 aliphatic rings. The molecule has 0 atom stereocenters. The molecule has 0 radical (unpaired) electrons. The van der Waals surface area contributed by atoms with Crippen LogP contribution in [0.5, 0.6) is 5.75 Å². The van der Waals surface area contributed by atoms with E-state index in [1.165, 1.54) is 25.6 Å². The number of imidazole rings is 1. The van der Waals surface area contributed by atoms with Crippen LogP contribution in [0.15, 0.2) is 29.7 Å². The Morgan fingerprint density at radius 1 is 1.36 bits per heavy atom. The first-order valence-electron chi connectivity index (χ1n) is 6.72. The van der Waals surface area contributed by atoms with E-state index in [0.29, 0.717) is 5.52 Å². The average molecular weight is 384 g/mol. The Balaban J connectivity index is 2.00. The van der Waals surface area contributed by atoms with E-state index in [2.05, 4.69) is 19.9 Å². The van der Waals surface area contributed by atoms with Crippen LogP contribution in [0.3, 0.4) is 0 Å². The van der Waals surface area contributed by atoms with Crippen molar-refractivity contribution in [1.82, 2.24) is 19.9 Å². The Labute approximate surface area is 145 Å². The highest BCUT2D eigenvalue weighted by molar-refractivity contribution is 7.90. The number of hydrogen-bond acceptors (Lipinski definition) is 8. The summed E-state index contributed by atoms with van der Waals surface area (Å²) in [6.07, 6.45) is 1.31. The van der Waals surface area contributed by atoms with E-state index < -0.39 is 25.7 Å². The molecule has 1 N–H and O–H groups in total. The minimum Gasteiger partial charge on any atom is -0.490 e. The molecule has 2 heterocycles. The average Bonchev–Trinajstić information content (AvgIpc) is 3.03. The number of ether oxygens (including phenoxy) is 1. The van der Waals surface area contributed by atoms with Gasteiger partial charge in [-0.2, -0.15) is 4.98 Å². The lowest BCUT2D eigenvalue weighted by Crippen LogP contribution is -2.10. The highest BCUT2D eigenvalue weighted by atomic mass is 35.5. The molecule has 3 aromatic rings. The van der Waals surface area contributed by atoms with E-state index in [1.807, 2.05) is 0 Å². The van der Waals surface area contributed by atoms with Gasteiger partial charge < -0.3 is 9.72 Å². The largest absolute Gasteiger partial charge is 0.490 e. The molecule has 0 saturated carbocycles. The van der Waals surface area contributed by atoms with Crippen LogP contribution in [0.2, 0.25) is 5.15 Å². The summed E-state index contributed by atoms with van der Waals surface area (Å²) < 4.78 is 30.0. The smallest absolute Gasteiger partial charge is 0.311 e. The fourth-order valence-electron chi connectivity index (χ4n) is 2.17. The maximum Gasteiger partial charge on any atom is 0.311 e. The number of nitrogens with one attached hydrogen (secondary N) is 1. The third-order valence-electron chi connectivity index (χ3n) is 3.30. The summed E-state index contributed by atoms with van der Waals surface area (Å²) in [5, 5.41) is 10.5. The van der Waals surface area contributed by atoms with Crippen molar-refractivity contribution in [2.75, 3.05) is 7.11 Å². The number of H-pyrrole nitrogens is 1. The van der Waals surface area contributed by atoms with Gasteiger partial charge in [-0.15, -0.1) is 0 Å².